The van der Waals surface area contributed by atoms with Gasteiger partial charge in [-0.05, 0) is 93.6 Å². The summed E-state index contributed by atoms with van der Waals surface area (Å²) in [6, 6.07) is 24.9. The zero-order chi connectivity index (χ0) is 23.8. The van der Waals surface area contributed by atoms with E-state index in [0.29, 0.717) is 0 Å². The van der Waals surface area contributed by atoms with Gasteiger partial charge in [0.25, 0.3) is 0 Å². The Bertz CT molecular complexity index is 965. The molecule has 3 rings (SSSR count). The molecule has 1 nitrogen and oxygen atoms in total. The van der Waals surface area contributed by atoms with Gasteiger partial charge in [0, 0.05) is 33.8 Å². The third kappa shape index (κ3) is 7.43. The van der Waals surface area contributed by atoms with E-state index < -0.39 is 0 Å². The van der Waals surface area contributed by atoms with Crippen molar-refractivity contribution < 1.29 is 0 Å². The minimum Gasteiger partial charge on any atom is -0.311 e. The summed E-state index contributed by atoms with van der Waals surface area (Å²) >= 11 is 0. The molecule has 0 aliphatic heterocycles. The molecule has 3 aromatic carbocycles. The van der Waals surface area contributed by atoms with Crippen molar-refractivity contribution in [2.24, 2.45) is 0 Å². The van der Waals surface area contributed by atoms with Crippen LogP contribution in [0.1, 0.15) is 65.2 Å². The summed E-state index contributed by atoms with van der Waals surface area (Å²) in [6.45, 7) is 13.5. The Labute approximate surface area is 195 Å². The first-order valence-corrected chi connectivity index (χ1v) is 11.1. The average Bonchev–Trinajstić information content (AvgIpc) is 2.86. The molecule has 0 aromatic heterocycles. The molecule has 0 spiro atoms. The minimum atomic E-state index is 1.01. The Morgan fingerprint density at radius 3 is 0.812 bits per heavy atom. The normalized spacial score (nSPS) is 8.34. The molecule has 0 fully saturated rings. The Morgan fingerprint density at radius 1 is 0.406 bits per heavy atom. The molecule has 0 saturated carbocycles. The van der Waals surface area contributed by atoms with Crippen LogP contribution in [0, 0.1) is 35.5 Å². The highest BCUT2D eigenvalue weighted by Gasteiger charge is 2.12. The minimum absolute atomic E-state index is 1.01. The Kier molecular flexibility index (Phi) is 12.3. The monoisotopic (exact) mass is 419 g/mol. The molecule has 0 unspecified atom stereocenters. The lowest BCUT2D eigenvalue weighted by atomic mass is 10.1. The summed E-state index contributed by atoms with van der Waals surface area (Å²) in [5, 5.41) is 0. The summed E-state index contributed by atoms with van der Waals surface area (Å²) < 4.78 is 0. The van der Waals surface area contributed by atoms with E-state index in [-0.39, 0.29) is 0 Å². The summed E-state index contributed by atoms with van der Waals surface area (Å²) in [7, 11) is 0. The first-order valence-electron chi connectivity index (χ1n) is 11.1. The van der Waals surface area contributed by atoms with Crippen molar-refractivity contribution in [3.8, 4) is 35.5 Å². The van der Waals surface area contributed by atoms with Crippen LogP contribution in [0.2, 0.25) is 0 Å². The van der Waals surface area contributed by atoms with E-state index in [1.165, 1.54) is 0 Å². The van der Waals surface area contributed by atoms with Crippen molar-refractivity contribution in [3.63, 3.8) is 0 Å². The largest absolute Gasteiger partial charge is 0.311 e. The molecule has 0 aliphatic rings. The van der Waals surface area contributed by atoms with Crippen molar-refractivity contribution >= 4 is 17.1 Å². The number of hydrogen-bond acceptors (Lipinski definition) is 1. The number of benzene rings is 3. The van der Waals surface area contributed by atoms with E-state index in [2.05, 4.69) is 76.8 Å². The second-order valence-electron chi connectivity index (χ2n) is 6.10. The Hall–Kier alpha value is -3.86. The topological polar surface area (TPSA) is 3.24 Å². The van der Waals surface area contributed by atoms with E-state index in [0.717, 1.165) is 33.8 Å². The van der Waals surface area contributed by atoms with Gasteiger partial charge in [-0.2, -0.15) is 0 Å². The Morgan fingerprint density at radius 2 is 0.625 bits per heavy atom. The van der Waals surface area contributed by atoms with Gasteiger partial charge >= 0.3 is 0 Å². The predicted octanol–water partition coefficient (Wildman–Crippen LogP) is 8.32. The quantitative estimate of drug-likeness (QED) is 0.386. The van der Waals surface area contributed by atoms with Gasteiger partial charge in [-0.3, -0.25) is 0 Å². The van der Waals surface area contributed by atoms with Crippen LogP contribution >= 0.6 is 0 Å². The van der Waals surface area contributed by atoms with E-state index in [1.54, 1.807) is 0 Å². The van der Waals surface area contributed by atoms with Crippen molar-refractivity contribution in [1.29, 1.82) is 0 Å². The van der Waals surface area contributed by atoms with Crippen molar-refractivity contribution in [2.45, 2.75) is 48.5 Å². The van der Waals surface area contributed by atoms with Crippen molar-refractivity contribution in [2.75, 3.05) is 4.90 Å². The Balaban J connectivity index is 0.00000121. The molecule has 0 aliphatic carbocycles. The van der Waals surface area contributed by atoms with Crippen LogP contribution in [-0.2, 0) is 0 Å². The van der Waals surface area contributed by atoms with Crippen LogP contribution in [0.25, 0.3) is 0 Å². The highest BCUT2D eigenvalue weighted by atomic mass is 15.1. The van der Waals surface area contributed by atoms with Gasteiger partial charge in [0.15, 0.2) is 0 Å². The molecule has 1 heteroatoms. The summed E-state index contributed by atoms with van der Waals surface area (Å²) in [5.41, 5.74) is 6.25. The summed E-state index contributed by atoms with van der Waals surface area (Å²) in [5.74, 6) is 18.1. The first-order chi connectivity index (χ1) is 15.7. The van der Waals surface area contributed by atoms with Gasteiger partial charge in [-0.1, -0.05) is 45.5 Å². The second kappa shape index (κ2) is 15.0. The zero-order valence-electron chi connectivity index (χ0n) is 20.4. The smallest absolute Gasteiger partial charge is 0.0462 e. The average molecular weight is 420 g/mol. The number of nitrogens with zero attached hydrogens (tertiary/aromatic N) is 1. The second-order valence-corrected chi connectivity index (χ2v) is 6.10. The number of rotatable bonds is 3. The lowest BCUT2D eigenvalue weighted by molar-refractivity contribution is 1.28. The van der Waals surface area contributed by atoms with Gasteiger partial charge in [-0.15, -0.1) is 17.8 Å². The molecule has 162 valence electrons. The molecule has 32 heavy (non-hydrogen) atoms. The predicted molar refractivity (Wildman–Crippen MR) is 141 cm³/mol. The van der Waals surface area contributed by atoms with E-state index in [9.17, 15) is 0 Å². The molecule has 0 radical (unpaired) electrons. The van der Waals surface area contributed by atoms with Crippen LogP contribution in [0.15, 0.2) is 72.8 Å². The zero-order valence-corrected chi connectivity index (χ0v) is 20.4. The van der Waals surface area contributed by atoms with Crippen molar-refractivity contribution in [3.05, 3.63) is 89.5 Å². The molecule has 0 heterocycles. The highest BCUT2D eigenvalue weighted by molar-refractivity contribution is 5.77. The van der Waals surface area contributed by atoms with Crippen LogP contribution in [0.3, 0.4) is 0 Å². The maximum Gasteiger partial charge on any atom is 0.0462 e. The lowest BCUT2D eigenvalue weighted by Crippen LogP contribution is -2.09. The van der Waals surface area contributed by atoms with Crippen LogP contribution in [0.5, 0.6) is 0 Å². The van der Waals surface area contributed by atoms with Crippen LogP contribution in [-0.4, -0.2) is 0 Å². The fraction of sp³-hybridized carbons (Fsp3) is 0.226. The molecular formula is C31H33N. The fourth-order valence-corrected chi connectivity index (χ4v) is 2.96. The summed E-state index contributed by atoms with van der Waals surface area (Å²) in [6.07, 6.45) is 0. The first kappa shape index (κ1) is 26.2. The molecule has 0 N–H and O–H groups in total. The molecule has 0 amide bonds. The van der Waals surface area contributed by atoms with Gasteiger partial charge in [0.05, 0.1) is 0 Å². The van der Waals surface area contributed by atoms with Gasteiger partial charge in [-0.25, -0.2) is 0 Å². The van der Waals surface area contributed by atoms with Crippen LogP contribution in [0.4, 0.5) is 17.1 Å². The van der Waals surface area contributed by atoms with E-state index in [4.69, 9.17) is 0 Å². The van der Waals surface area contributed by atoms with Crippen molar-refractivity contribution in [1.82, 2.24) is 0 Å². The SMILES string of the molecule is CC.CC.CC#Cc1ccc(N(c2ccc(C#CC)cc2)c2ccc(C#CC)cc2)cc1. The number of anilines is 3. The van der Waals surface area contributed by atoms with E-state index >= 15 is 0 Å². The molecule has 0 bridgehead atoms. The molecule has 0 saturated heterocycles. The standard InChI is InChI=1S/C27H21N.2C2H6/c1-4-7-22-10-16-25(17-11-22)28(26-18-12-23(8-5-2)13-19-26)27-20-14-24(9-6-3)15-21-27;2*1-2/h10-21H,1-3H3;2*1-2H3. The maximum atomic E-state index is 3.10. The van der Waals surface area contributed by atoms with Gasteiger partial charge in [0.2, 0.25) is 0 Å². The molecular weight excluding hydrogens is 386 g/mol. The molecule has 3 aromatic rings. The van der Waals surface area contributed by atoms with E-state index in [1.807, 2.05) is 84.9 Å². The van der Waals surface area contributed by atoms with Gasteiger partial charge < -0.3 is 4.90 Å². The fourth-order valence-electron chi connectivity index (χ4n) is 2.96. The van der Waals surface area contributed by atoms with Crippen LogP contribution < -0.4 is 4.90 Å². The third-order valence-electron chi connectivity index (χ3n) is 4.18. The number of hydrogen-bond donors (Lipinski definition) is 0. The third-order valence-corrected chi connectivity index (χ3v) is 4.18. The maximum absolute atomic E-state index is 3.10. The molecule has 0 atom stereocenters. The summed E-state index contributed by atoms with van der Waals surface area (Å²) in [4.78, 5) is 2.22. The lowest BCUT2D eigenvalue weighted by Gasteiger charge is -2.25. The highest BCUT2D eigenvalue weighted by Crippen LogP contribution is 2.34. The van der Waals surface area contributed by atoms with Gasteiger partial charge in [0.1, 0.15) is 0 Å².